The van der Waals surface area contributed by atoms with Crippen molar-refractivity contribution in [3.05, 3.63) is 82.6 Å². The lowest BCUT2D eigenvalue weighted by Crippen LogP contribution is -2.15. The second-order valence-electron chi connectivity index (χ2n) is 6.32. The Morgan fingerprint density at radius 2 is 1.96 bits per heavy atom. The lowest BCUT2D eigenvalue weighted by Gasteiger charge is -2.11. The first-order valence-corrected chi connectivity index (χ1v) is 9.34. The van der Waals surface area contributed by atoms with Gasteiger partial charge in [-0.25, -0.2) is 0 Å². The number of ether oxygens (including phenoxy) is 1. The molecule has 0 aliphatic rings. The van der Waals surface area contributed by atoms with Gasteiger partial charge in [0.2, 0.25) is 0 Å². The molecule has 0 fully saturated rings. The zero-order chi connectivity index (χ0) is 19.9. The van der Waals surface area contributed by atoms with Crippen molar-refractivity contribution in [3.8, 4) is 5.75 Å². The number of amides is 1. The van der Waals surface area contributed by atoms with Gasteiger partial charge in [0.1, 0.15) is 11.4 Å². The maximum Gasteiger partial charge on any atom is 0.274 e. The third kappa shape index (κ3) is 5.02. The number of carbonyl (C=O) groups excluding carboxylic acids is 1. The molecule has 3 rings (SSSR count). The predicted octanol–water partition coefficient (Wildman–Crippen LogP) is 4.96. The van der Waals surface area contributed by atoms with Crippen LogP contribution >= 0.6 is 11.6 Å². The fourth-order valence-electron chi connectivity index (χ4n) is 2.77. The molecular formula is C22H22ClN3O2. The van der Waals surface area contributed by atoms with Crippen molar-refractivity contribution < 1.29 is 9.53 Å². The average molecular weight is 396 g/mol. The first kappa shape index (κ1) is 19.7. The quantitative estimate of drug-likeness (QED) is 0.593. The maximum atomic E-state index is 12.5. The van der Waals surface area contributed by atoms with E-state index in [2.05, 4.69) is 21.7 Å². The normalized spacial score (nSPS) is 10.4. The van der Waals surface area contributed by atoms with Gasteiger partial charge in [-0.3, -0.25) is 9.78 Å². The number of hydrogen-bond acceptors (Lipinski definition) is 4. The van der Waals surface area contributed by atoms with Crippen LogP contribution < -0.4 is 15.4 Å². The highest BCUT2D eigenvalue weighted by Crippen LogP contribution is 2.23. The fraction of sp³-hybridized carbons (Fsp3) is 0.182. The van der Waals surface area contributed by atoms with E-state index in [1.165, 1.54) is 5.56 Å². The number of nitrogens with zero attached hydrogens (tertiary/aromatic N) is 1. The van der Waals surface area contributed by atoms with E-state index in [0.29, 0.717) is 16.4 Å². The molecule has 144 valence electrons. The molecule has 1 heterocycles. The van der Waals surface area contributed by atoms with Gasteiger partial charge in [-0.2, -0.15) is 0 Å². The first-order chi connectivity index (χ1) is 13.6. The number of rotatable bonds is 7. The van der Waals surface area contributed by atoms with Crippen molar-refractivity contribution in [2.75, 3.05) is 24.3 Å². The van der Waals surface area contributed by atoms with Crippen LogP contribution in [0.4, 0.5) is 11.4 Å². The number of halogens is 1. The summed E-state index contributed by atoms with van der Waals surface area (Å²) in [5.41, 5.74) is 3.85. The Labute approximate surface area is 169 Å². The van der Waals surface area contributed by atoms with Crippen LogP contribution in [0.3, 0.4) is 0 Å². The minimum Gasteiger partial charge on any atom is -0.497 e. The van der Waals surface area contributed by atoms with E-state index in [-0.39, 0.29) is 5.91 Å². The second kappa shape index (κ2) is 9.24. The van der Waals surface area contributed by atoms with Crippen LogP contribution in [0.1, 0.15) is 21.6 Å². The van der Waals surface area contributed by atoms with Crippen LogP contribution in [-0.4, -0.2) is 24.5 Å². The molecule has 28 heavy (non-hydrogen) atoms. The maximum absolute atomic E-state index is 12.5. The summed E-state index contributed by atoms with van der Waals surface area (Å²) in [5, 5.41) is 6.80. The Morgan fingerprint density at radius 1 is 1.14 bits per heavy atom. The standard InChI is InChI=1S/C22H22ClN3O2/c1-15-19(23)7-4-8-20(15)26-22(27)21-14-17(10-12-25-21)24-11-9-16-5-3-6-18(13-16)28-2/h3-8,10,12-14H,9,11H2,1-2H3,(H,24,25)(H,26,27). The van der Waals surface area contributed by atoms with Gasteiger partial charge in [-0.1, -0.05) is 29.8 Å². The monoisotopic (exact) mass is 395 g/mol. The topological polar surface area (TPSA) is 63.2 Å². The minimum atomic E-state index is -0.276. The van der Waals surface area contributed by atoms with E-state index in [4.69, 9.17) is 16.3 Å². The smallest absolute Gasteiger partial charge is 0.274 e. The van der Waals surface area contributed by atoms with Gasteiger partial charge in [0, 0.05) is 29.1 Å². The molecule has 3 aromatic rings. The predicted molar refractivity (Wildman–Crippen MR) is 114 cm³/mol. The van der Waals surface area contributed by atoms with E-state index in [9.17, 15) is 4.79 Å². The number of hydrogen-bond donors (Lipinski definition) is 2. The van der Waals surface area contributed by atoms with E-state index in [1.807, 2.05) is 37.3 Å². The number of anilines is 2. The summed E-state index contributed by atoms with van der Waals surface area (Å²) in [6, 6.07) is 17.0. The summed E-state index contributed by atoms with van der Waals surface area (Å²) in [5.74, 6) is 0.568. The molecule has 5 nitrogen and oxygen atoms in total. The van der Waals surface area contributed by atoms with Crippen molar-refractivity contribution >= 4 is 28.9 Å². The van der Waals surface area contributed by atoms with E-state index >= 15 is 0 Å². The summed E-state index contributed by atoms with van der Waals surface area (Å²) in [4.78, 5) is 16.7. The number of pyridine rings is 1. The van der Waals surface area contributed by atoms with Crippen LogP contribution in [0.15, 0.2) is 60.8 Å². The van der Waals surface area contributed by atoms with Crippen LogP contribution in [0, 0.1) is 6.92 Å². The fourth-order valence-corrected chi connectivity index (χ4v) is 2.95. The van der Waals surface area contributed by atoms with Gasteiger partial charge in [-0.05, 0) is 60.9 Å². The highest BCUT2D eigenvalue weighted by Gasteiger charge is 2.11. The highest BCUT2D eigenvalue weighted by atomic mass is 35.5. The molecule has 1 amide bonds. The zero-order valence-corrected chi connectivity index (χ0v) is 16.6. The molecule has 2 N–H and O–H groups in total. The van der Waals surface area contributed by atoms with Crippen molar-refractivity contribution in [1.29, 1.82) is 0 Å². The molecule has 0 radical (unpaired) electrons. The third-order valence-electron chi connectivity index (χ3n) is 4.39. The zero-order valence-electron chi connectivity index (χ0n) is 15.8. The summed E-state index contributed by atoms with van der Waals surface area (Å²) in [6.07, 6.45) is 2.45. The van der Waals surface area contributed by atoms with Crippen molar-refractivity contribution in [2.24, 2.45) is 0 Å². The molecule has 0 aliphatic carbocycles. The summed E-state index contributed by atoms with van der Waals surface area (Å²) in [7, 11) is 1.66. The van der Waals surface area contributed by atoms with Gasteiger partial charge in [-0.15, -0.1) is 0 Å². The average Bonchev–Trinajstić information content (AvgIpc) is 2.72. The number of nitrogens with one attached hydrogen (secondary N) is 2. The van der Waals surface area contributed by atoms with Crippen molar-refractivity contribution in [3.63, 3.8) is 0 Å². The Morgan fingerprint density at radius 3 is 2.79 bits per heavy atom. The van der Waals surface area contributed by atoms with Crippen LogP contribution in [0.2, 0.25) is 5.02 Å². The molecule has 0 aliphatic heterocycles. The molecule has 0 saturated heterocycles. The highest BCUT2D eigenvalue weighted by molar-refractivity contribution is 6.31. The molecule has 1 aromatic heterocycles. The largest absolute Gasteiger partial charge is 0.497 e. The Kier molecular flexibility index (Phi) is 6.50. The summed E-state index contributed by atoms with van der Waals surface area (Å²) in [6.45, 7) is 2.59. The lowest BCUT2D eigenvalue weighted by molar-refractivity contribution is 0.102. The number of aromatic nitrogens is 1. The van der Waals surface area contributed by atoms with E-state index < -0.39 is 0 Å². The molecule has 0 spiro atoms. The number of benzene rings is 2. The Balaban J connectivity index is 1.61. The van der Waals surface area contributed by atoms with Crippen LogP contribution in [0.25, 0.3) is 0 Å². The molecular weight excluding hydrogens is 374 g/mol. The van der Waals surface area contributed by atoms with Gasteiger partial charge in [0.25, 0.3) is 5.91 Å². The number of carbonyl (C=O) groups is 1. The molecule has 0 unspecified atom stereocenters. The number of methoxy groups -OCH3 is 1. The SMILES string of the molecule is COc1cccc(CCNc2ccnc(C(=O)Nc3cccc(Cl)c3C)c2)c1. The molecule has 2 aromatic carbocycles. The van der Waals surface area contributed by atoms with Gasteiger partial charge in [0.05, 0.1) is 7.11 Å². The second-order valence-corrected chi connectivity index (χ2v) is 6.73. The Bertz CT molecular complexity index is 976. The van der Waals surface area contributed by atoms with Crippen molar-refractivity contribution in [1.82, 2.24) is 4.98 Å². The molecule has 0 bridgehead atoms. The molecule has 0 saturated carbocycles. The summed E-state index contributed by atoms with van der Waals surface area (Å²) < 4.78 is 5.24. The van der Waals surface area contributed by atoms with E-state index in [1.54, 1.807) is 31.5 Å². The van der Waals surface area contributed by atoms with Gasteiger partial charge < -0.3 is 15.4 Å². The Hall–Kier alpha value is -3.05. The first-order valence-electron chi connectivity index (χ1n) is 8.96. The van der Waals surface area contributed by atoms with E-state index in [0.717, 1.165) is 30.0 Å². The van der Waals surface area contributed by atoms with Crippen LogP contribution in [0.5, 0.6) is 5.75 Å². The minimum absolute atomic E-state index is 0.276. The third-order valence-corrected chi connectivity index (χ3v) is 4.79. The van der Waals surface area contributed by atoms with Gasteiger partial charge in [0.15, 0.2) is 0 Å². The summed E-state index contributed by atoms with van der Waals surface area (Å²) >= 11 is 6.11. The molecule has 0 atom stereocenters. The van der Waals surface area contributed by atoms with Crippen LogP contribution in [-0.2, 0) is 6.42 Å². The lowest BCUT2D eigenvalue weighted by atomic mass is 10.1. The van der Waals surface area contributed by atoms with Gasteiger partial charge >= 0.3 is 0 Å². The van der Waals surface area contributed by atoms with Crippen molar-refractivity contribution in [2.45, 2.75) is 13.3 Å². The molecule has 6 heteroatoms.